The maximum atomic E-state index is 9.66. The van der Waals surface area contributed by atoms with Crippen LogP contribution in [0, 0.1) is 5.92 Å². The number of hydrogen-bond donors (Lipinski definition) is 3. The summed E-state index contributed by atoms with van der Waals surface area (Å²) in [6, 6.07) is 7.76. The lowest BCUT2D eigenvalue weighted by Gasteiger charge is -2.20. The molecule has 2 aromatic heterocycles. The van der Waals surface area contributed by atoms with Gasteiger partial charge in [-0.2, -0.15) is 9.97 Å². The van der Waals surface area contributed by atoms with Crippen molar-refractivity contribution in [3.8, 4) is 0 Å². The van der Waals surface area contributed by atoms with E-state index in [-0.39, 0.29) is 24.6 Å². The van der Waals surface area contributed by atoms with Crippen LogP contribution in [0.25, 0.3) is 11.2 Å². The van der Waals surface area contributed by atoms with E-state index in [2.05, 4.69) is 39.4 Å². The van der Waals surface area contributed by atoms with Crippen molar-refractivity contribution in [2.45, 2.75) is 46.3 Å². The number of nitrogens with one attached hydrogen (secondary N) is 2. The topological polar surface area (TPSA) is 87.9 Å². The van der Waals surface area contributed by atoms with E-state index in [9.17, 15) is 5.11 Å². The summed E-state index contributed by atoms with van der Waals surface area (Å²) < 4.78 is 2.01. The molecule has 0 fully saturated rings. The molecular weight excluding hydrogens is 376 g/mol. The zero-order valence-corrected chi connectivity index (χ0v) is 17.4. The van der Waals surface area contributed by atoms with Gasteiger partial charge in [-0.25, -0.2) is 4.98 Å². The lowest BCUT2D eigenvalue weighted by molar-refractivity contribution is 0.248. The van der Waals surface area contributed by atoms with E-state index in [4.69, 9.17) is 11.6 Å². The van der Waals surface area contributed by atoms with Crippen LogP contribution in [0.2, 0.25) is 5.02 Å². The second-order valence-corrected chi connectivity index (χ2v) is 7.91. The minimum atomic E-state index is -0.128. The minimum absolute atomic E-state index is 0.00996. The molecule has 2 heterocycles. The number of fused-ring (bicyclic) bond motifs is 1. The molecule has 0 unspecified atom stereocenters. The van der Waals surface area contributed by atoms with E-state index in [0.29, 0.717) is 23.3 Å². The van der Waals surface area contributed by atoms with Crippen LogP contribution in [0.3, 0.4) is 0 Å². The number of aliphatic hydroxyl groups excluding tert-OH is 1. The van der Waals surface area contributed by atoms with Crippen LogP contribution in [-0.2, 0) is 6.54 Å². The van der Waals surface area contributed by atoms with Gasteiger partial charge in [0.15, 0.2) is 17.0 Å². The first-order valence-corrected chi connectivity index (χ1v) is 9.87. The maximum absolute atomic E-state index is 9.66. The lowest BCUT2D eigenvalue weighted by Crippen LogP contribution is -2.30. The fourth-order valence-electron chi connectivity index (χ4n) is 2.86. The molecule has 0 saturated heterocycles. The van der Waals surface area contributed by atoms with Crippen LogP contribution < -0.4 is 10.6 Å². The fraction of sp³-hybridized carbons (Fsp3) is 0.450. The fourth-order valence-corrected chi connectivity index (χ4v) is 2.99. The Labute approximate surface area is 170 Å². The third kappa shape index (κ3) is 4.54. The Kier molecular flexibility index (Phi) is 6.36. The first kappa shape index (κ1) is 20.4. The highest BCUT2D eigenvalue weighted by Gasteiger charge is 2.18. The minimum Gasteiger partial charge on any atom is -0.394 e. The molecule has 0 aliphatic heterocycles. The molecule has 28 heavy (non-hydrogen) atoms. The normalized spacial score (nSPS) is 12.7. The summed E-state index contributed by atoms with van der Waals surface area (Å²) in [5.41, 5.74) is 2.56. The number of benzene rings is 1. The zero-order valence-electron chi connectivity index (χ0n) is 16.6. The summed E-state index contributed by atoms with van der Waals surface area (Å²) in [6.07, 6.45) is 1.78. The highest BCUT2D eigenvalue weighted by molar-refractivity contribution is 6.30. The SMILES string of the molecule is CC(C)[C@H](CO)Nc1nc(NCc2ccc(Cl)cc2)c2ncn(C(C)C)c2n1. The molecule has 0 radical (unpaired) electrons. The van der Waals surface area contributed by atoms with Gasteiger partial charge in [0, 0.05) is 17.6 Å². The van der Waals surface area contributed by atoms with Gasteiger partial charge in [-0.3, -0.25) is 0 Å². The van der Waals surface area contributed by atoms with Gasteiger partial charge in [0.05, 0.1) is 19.0 Å². The van der Waals surface area contributed by atoms with Gasteiger partial charge in [0.1, 0.15) is 0 Å². The monoisotopic (exact) mass is 402 g/mol. The number of nitrogens with zero attached hydrogens (tertiary/aromatic N) is 4. The second kappa shape index (κ2) is 8.75. The number of halogens is 1. The third-order valence-corrected chi connectivity index (χ3v) is 4.92. The largest absolute Gasteiger partial charge is 0.394 e. The van der Waals surface area contributed by atoms with Crippen LogP contribution in [0.15, 0.2) is 30.6 Å². The molecule has 3 rings (SSSR count). The van der Waals surface area contributed by atoms with E-state index < -0.39 is 0 Å². The number of imidazole rings is 1. The predicted octanol–water partition coefficient (Wildman–Crippen LogP) is 4.10. The van der Waals surface area contributed by atoms with E-state index in [1.165, 1.54) is 0 Å². The second-order valence-electron chi connectivity index (χ2n) is 7.47. The van der Waals surface area contributed by atoms with Gasteiger partial charge < -0.3 is 20.3 Å². The van der Waals surface area contributed by atoms with Crippen LogP contribution in [0.1, 0.15) is 39.3 Å². The Morgan fingerprint density at radius 1 is 1.11 bits per heavy atom. The average molecular weight is 403 g/mol. The molecule has 0 aliphatic carbocycles. The van der Waals surface area contributed by atoms with Crippen LogP contribution in [0.4, 0.5) is 11.8 Å². The smallest absolute Gasteiger partial charge is 0.227 e. The van der Waals surface area contributed by atoms with E-state index in [0.717, 1.165) is 16.7 Å². The highest BCUT2D eigenvalue weighted by atomic mass is 35.5. The van der Waals surface area contributed by atoms with Crippen molar-refractivity contribution >= 4 is 34.5 Å². The molecule has 1 aromatic carbocycles. The van der Waals surface area contributed by atoms with Gasteiger partial charge in [0.25, 0.3) is 0 Å². The summed E-state index contributed by atoms with van der Waals surface area (Å²) in [4.78, 5) is 13.8. The molecule has 0 spiro atoms. The van der Waals surface area contributed by atoms with Crippen LogP contribution in [-0.4, -0.2) is 37.3 Å². The molecule has 0 aliphatic rings. The van der Waals surface area contributed by atoms with Crippen molar-refractivity contribution < 1.29 is 5.11 Å². The molecule has 8 heteroatoms. The number of hydrogen-bond acceptors (Lipinski definition) is 6. The van der Waals surface area contributed by atoms with E-state index in [1.54, 1.807) is 6.33 Å². The number of rotatable bonds is 8. The highest BCUT2D eigenvalue weighted by Crippen LogP contribution is 2.24. The Morgan fingerprint density at radius 3 is 2.43 bits per heavy atom. The van der Waals surface area contributed by atoms with Crippen LogP contribution in [0.5, 0.6) is 0 Å². The molecule has 1 atom stereocenters. The summed E-state index contributed by atoms with van der Waals surface area (Å²) in [7, 11) is 0. The van der Waals surface area contributed by atoms with E-state index in [1.807, 2.05) is 42.7 Å². The summed E-state index contributed by atoms with van der Waals surface area (Å²) in [6.45, 7) is 8.86. The number of aliphatic hydroxyl groups is 1. The molecule has 3 N–H and O–H groups in total. The summed E-state index contributed by atoms with van der Waals surface area (Å²) in [5.74, 6) is 1.37. The lowest BCUT2D eigenvalue weighted by atomic mass is 10.1. The van der Waals surface area contributed by atoms with Gasteiger partial charge in [-0.15, -0.1) is 0 Å². The first-order chi connectivity index (χ1) is 13.4. The molecular formula is C20H27ClN6O. The summed E-state index contributed by atoms with van der Waals surface area (Å²) >= 11 is 5.97. The first-order valence-electron chi connectivity index (χ1n) is 9.49. The molecule has 150 valence electrons. The van der Waals surface area contributed by atoms with Crippen molar-refractivity contribution in [2.24, 2.45) is 5.92 Å². The Hall–Kier alpha value is -2.38. The zero-order chi connectivity index (χ0) is 20.3. The van der Waals surface area contributed by atoms with Gasteiger partial charge >= 0.3 is 0 Å². The predicted molar refractivity (Wildman–Crippen MR) is 114 cm³/mol. The Balaban J connectivity index is 1.95. The number of anilines is 2. The molecule has 0 saturated carbocycles. The quantitative estimate of drug-likeness (QED) is 0.525. The molecule has 3 aromatic rings. The third-order valence-electron chi connectivity index (χ3n) is 4.67. The molecule has 0 bridgehead atoms. The Morgan fingerprint density at radius 2 is 1.82 bits per heavy atom. The van der Waals surface area contributed by atoms with E-state index >= 15 is 0 Å². The number of aromatic nitrogens is 4. The Bertz CT molecular complexity index is 922. The summed E-state index contributed by atoms with van der Waals surface area (Å²) in [5, 5.41) is 17.0. The molecule has 7 nitrogen and oxygen atoms in total. The van der Waals surface area contributed by atoms with Crippen molar-refractivity contribution in [2.75, 3.05) is 17.2 Å². The van der Waals surface area contributed by atoms with Crippen molar-refractivity contribution in [3.05, 3.63) is 41.2 Å². The maximum Gasteiger partial charge on any atom is 0.227 e. The van der Waals surface area contributed by atoms with Crippen LogP contribution >= 0.6 is 11.6 Å². The standard InChI is InChI=1S/C20H27ClN6O/c1-12(2)16(10-28)24-20-25-18(22-9-14-5-7-15(21)8-6-14)17-19(26-20)27(11-23-17)13(3)4/h5-8,11-13,16,28H,9-10H2,1-4H3,(H2,22,24,25,26)/t16-/m0/s1. The molecule has 0 amide bonds. The van der Waals surface area contributed by atoms with Crippen molar-refractivity contribution in [1.29, 1.82) is 0 Å². The van der Waals surface area contributed by atoms with Gasteiger partial charge in [-0.05, 0) is 37.5 Å². The van der Waals surface area contributed by atoms with Gasteiger partial charge in [-0.1, -0.05) is 37.6 Å². The van der Waals surface area contributed by atoms with Crippen molar-refractivity contribution in [3.63, 3.8) is 0 Å². The average Bonchev–Trinajstić information content (AvgIpc) is 3.09. The van der Waals surface area contributed by atoms with Gasteiger partial charge in [0.2, 0.25) is 5.95 Å². The van der Waals surface area contributed by atoms with Crippen molar-refractivity contribution in [1.82, 2.24) is 19.5 Å².